The normalized spacial score (nSPS) is 10.8. The summed E-state index contributed by atoms with van der Waals surface area (Å²) in [5, 5.41) is 0. The van der Waals surface area contributed by atoms with Crippen molar-refractivity contribution in [2.45, 2.75) is 6.42 Å². The molecule has 70 valence electrons. The molecule has 12 heavy (non-hydrogen) atoms. The van der Waals surface area contributed by atoms with E-state index >= 15 is 0 Å². The lowest BCUT2D eigenvalue weighted by atomic mass is 10.6. The molecule has 0 aliphatic rings. The Labute approximate surface area is 70.0 Å². The van der Waals surface area contributed by atoms with E-state index in [0.29, 0.717) is 6.29 Å². The molecule has 0 aliphatic heterocycles. The molecular formula is C5H10N2O4S. The predicted molar refractivity (Wildman–Crippen MR) is 41.7 cm³/mol. The van der Waals surface area contributed by atoms with Crippen LogP contribution >= 0.6 is 0 Å². The Bertz CT molecular complexity index is 259. The summed E-state index contributed by atoms with van der Waals surface area (Å²) in [5.74, 6) is 2.91. The molecule has 6 nitrogen and oxygen atoms in total. The molecule has 0 aliphatic carbocycles. The fraction of sp³-hybridized carbons (Fsp3) is 0.600. The van der Waals surface area contributed by atoms with Crippen LogP contribution in [0.3, 0.4) is 0 Å². The first-order valence-electron chi connectivity index (χ1n) is 3.15. The molecule has 0 fully saturated rings. The van der Waals surface area contributed by atoms with Crippen molar-refractivity contribution >= 4 is 22.0 Å². The number of aldehydes is 1. The summed E-state index contributed by atoms with van der Waals surface area (Å²) >= 11 is 0. The number of amides is 1. The first-order valence-corrected chi connectivity index (χ1v) is 4.97. The van der Waals surface area contributed by atoms with Crippen molar-refractivity contribution in [3.8, 4) is 0 Å². The molecule has 0 spiro atoms. The van der Waals surface area contributed by atoms with Crippen LogP contribution in [-0.4, -0.2) is 32.1 Å². The van der Waals surface area contributed by atoms with Crippen molar-refractivity contribution in [1.29, 1.82) is 0 Å². The molecule has 0 saturated carbocycles. The molecule has 0 aromatic heterocycles. The molecule has 0 heterocycles. The number of carbonyl (C=O) groups excluding carboxylic acids is 2. The van der Waals surface area contributed by atoms with E-state index in [1.807, 2.05) is 0 Å². The SMILES string of the molecule is NNC(=O)CS(=O)(=O)CCC=O. The van der Waals surface area contributed by atoms with Crippen molar-refractivity contribution in [3.63, 3.8) is 0 Å². The van der Waals surface area contributed by atoms with Gasteiger partial charge in [0.05, 0.1) is 5.75 Å². The Morgan fingerprint density at radius 2 is 2.08 bits per heavy atom. The van der Waals surface area contributed by atoms with Crippen LogP contribution in [0, 0.1) is 0 Å². The molecule has 3 N–H and O–H groups in total. The fourth-order valence-electron chi connectivity index (χ4n) is 0.541. The average Bonchev–Trinajstić information content (AvgIpc) is 2.00. The highest BCUT2D eigenvalue weighted by molar-refractivity contribution is 7.92. The Morgan fingerprint density at radius 3 is 2.50 bits per heavy atom. The van der Waals surface area contributed by atoms with E-state index in [2.05, 4.69) is 5.84 Å². The third kappa shape index (κ3) is 4.80. The molecule has 0 bridgehead atoms. The minimum absolute atomic E-state index is 0.0970. The highest BCUT2D eigenvalue weighted by atomic mass is 32.2. The average molecular weight is 194 g/mol. The van der Waals surface area contributed by atoms with Crippen LogP contribution in [0.4, 0.5) is 0 Å². The third-order valence-electron chi connectivity index (χ3n) is 1.06. The number of nitrogens with two attached hydrogens (primary N) is 1. The Hall–Kier alpha value is -0.950. The topological polar surface area (TPSA) is 106 Å². The quantitative estimate of drug-likeness (QED) is 0.227. The predicted octanol–water partition coefficient (Wildman–Crippen LogP) is -2.02. The summed E-state index contributed by atoms with van der Waals surface area (Å²) in [6.45, 7) is 0. The monoisotopic (exact) mass is 194 g/mol. The molecule has 1 amide bonds. The van der Waals surface area contributed by atoms with Crippen molar-refractivity contribution < 1.29 is 18.0 Å². The summed E-state index contributed by atoms with van der Waals surface area (Å²) in [7, 11) is -3.48. The molecule has 0 atom stereocenters. The summed E-state index contributed by atoms with van der Waals surface area (Å²) in [4.78, 5) is 20.3. The van der Waals surface area contributed by atoms with Crippen LogP contribution in [0.1, 0.15) is 6.42 Å². The molecule has 0 aromatic carbocycles. The maximum atomic E-state index is 10.9. The first kappa shape index (κ1) is 11.1. The van der Waals surface area contributed by atoms with Crippen LogP contribution in [0.5, 0.6) is 0 Å². The van der Waals surface area contributed by atoms with Gasteiger partial charge >= 0.3 is 0 Å². The van der Waals surface area contributed by atoms with Gasteiger partial charge in [-0.3, -0.25) is 10.2 Å². The smallest absolute Gasteiger partial charge is 0.249 e. The summed E-state index contributed by atoms with van der Waals surface area (Å²) in [6.07, 6.45) is 0.387. The summed E-state index contributed by atoms with van der Waals surface area (Å²) < 4.78 is 21.8. The minimum Gasteiger partial charge on any atom is -0.303 e. The number of hydrogen-bond acceptors (Lipinski definition) is 5. The molecule has 0 unspecified atom stereocenters. The summed E-state index contributed by atoms with van der Waals surface area (Å²) in [6, 6.07) is 0. The second-order valence-corrected chi connectivity index (χ2v) is 4.30. The second kappa shape index (κ2) is 4.83. The number of nitrogens with one attached hydrogen (secondary N) is 1. The van der Waals surface area contributed by atoms with E-state index in [1.54, 1.807) is 5.43 Å². The van der Waals surface area contributed by atoms with Crippen LogP contribution in [0.2, 0.25) is 0 Å². The van der Waals surface area contributed by atoms with Crippen molar-refractivity contribution in [1.82, 2.24) is 5.43 Å². The molecular weight excluding hydrogens is 184 g/mol. The van der Waals surface area contributed by atoms with Gasteiger partial charge in [0.2, 0.25) is 5.91 Å². The standard InChI is InChI=1S/C5H10N2O4S/c6-7-5(9)4-12(10,11)3-1-2-8/h2H,1,3-4,6H2,(H,7,9). The van der Waals surface area contributed by atoms with Gasteiger partial charge in [-0.15, -0.1) is 0 Å². The number of carbonyl (C=O) groups is 2. The van der Waals surface area contributed by atoms with Gasteiger partial charge in [-0.05, 0) is 0 Å². The van der Waals surface area contributed by atoms with Crippen molar-refractivity contribution in [3.05, 3.63) is 0 Å². The van der Waals surface area contributed by atoms with Crippen LogP contribution in [0.15, 0.2) is 0 Å². The molecule has 0 aromatic rings. The van der Waals surface area contributed by atoms with Gasteiger partial charge in [-0.25, -0.2) is 14.3 Å². The van der Waals surface area contributed by atoms with Crippen molar-refractivity contribution in [2.75, 3.05) is 11.5 Å². The molecule has 7 heteroatoms. The van der Waals surface area contributed by atoms with Gasteiger partial charge in [0, 0.05) is 6.42 Å². The Balaban J connectivity index is 4.05. The van der Waals surface area contributed by atoms with E-state index in [0.717, 1.165) is 0 Å². The minimum atomic E-state index is -3.48. The van der Waals surface area contributed by atoms with Crippen molar-refractivity contribution in [2.24, 2.45) is 5.84 Å². The maximum absolute atomic E-state index is 10.9. The van der Waals surface area contributed by atoms with Gasteiger partial charge in [0.25, 0.3) is 0 Å². The van der Waals surface area contributed by atoms with E-state index in [4.69, 9.17) is 0 Å². The lowest BCUT2D eigenvalue weighted by Gasteiger charge is -1.99. The zero-order chi connectivity index (χ0) is 9.61. The number of sulfone groups is 1. The highest BCUT2D eigenvalue weighted by Gasteiger charge is 2.14. The van der Waals surface area contributed by atoms with Crippen LogP contribution in [-0.2, 0) is 19.4 Å². The summed E-state index contributed by atoms with van der Waals surface area (Å²) in [5.41, 5.74) is 1.69. The zero-order valence-corrected chi connectivity index (χ0v) is 7.13. The zero-order valence-electron chi connectivity index (χ0n) is 6.32. The van der Waals surface area contributed by atoms with Gasteiger partial charge in [-0.1, -0.05) is 0 Å². The molecule has 0 saturated heterocycles. The van der Waals surface area contributed by atoms with Gasteiger partial charge in [0.15, 0.2) is 9.84 Å². The third-order valence-corrected chi connectivity index (χ3v) is 2.62. The van der Waals surface area contributed by atoms with Crippen LogP contribution < -0.4 is 11.3 Å². The highest BCUT2D eigenvalue weighted by Crippen LogP contribution is 1.91. The largest absolute Gasteiger partial charge is 0.303 e. The second-order valence-electron chi connectivity index (χ2n) is 2.11. The number of hydrazine groups is 1. The fourth-order valence-corrected chi connectivity index (χ4v) is 1.62. The molecule has 0 radical (unpaired) electrons. The van der Waals surface area contributed by atoms with E-state index < -0.39 is 21.5 Å². The van der Waals surface area contributed by atoms with Gasteiger partial charge < -0.3 is 4.79 Å². The number of rotatable bonds is 5. The first-order chi connectivity index (χ1) is 5.52. The Morgan fingerprint density at radius 1 is 1.50 bits per heavy atom. The van der Waals surface area contributed by atoms with Gasteiger partial charge in [0.1, 0.15) is 12.0 Å². The van der Waals surface area contributed by atoms with Gasteiger partial charge in [-0.2, -0.15) is 0 Å². The van der Waals surface area contributed by atoms with Crippen LogP contribution in [0.25, 0.3) is 0 Å². The van der Waals surface area contributed by atoms with E-state index in [9.17, 15) is 18.0 Å². The number of hydrogen-bond donors (Lipinski definition) is 2. The molecule has 0 rings (SSSR count). The lowest BCUT2D eigenvalue weighted by molar-refractivity contribution is -0.118. The van der Waals surface area contributed by atoms with E-state index in [-0.39, 0.29) is 12.2 Å². The maximum Gasteiger partial charge on any atom is 0.249 e. The lowest BCUT2D eigenvalue weighted by Crippen LogP contribution is -2.36. The van der Waals surface area contributed by atoms with E-state index in [1.165, 1.54) is 0 Å². The Kier molecular flexibility index (Phi) is 4.45.